The lowest BCUT2D eigenvalue weighted by molar-refractivity contribution is -0.139. The molecule has 5 heteroatoms. The van der Waals surface area contributed by atoms with Crippen molar-refractivity contribution in [2.24, 2.45) is 0 Å². The molecule has 0 aromatic rings. The Kier molecular flexibility index (Phi) is 10.7. The molecule has 20 heavy (non-hydrogen) atoms. The van der Waals surface area contributed by atoms with E-state index in [9.17, 15) is 9.59 Å². The van der Waals surface area contributed by atoms with E-state index in [-0.39, 0.29) is 19.0 Å². The average Bonchev–Trinajstić information content (AvgIpc) is 2.38. The van der Waals surface area contributed by atoms with Crippen molar-refractivity contribution in [3.8, 4) is 0 Å². The zero-order chi connectivity index (χ0) is 15.4. The number of aliphatic carboxylic acids is 1. The third-order valence-corrected chi connectivity index (χ3v) is 3.02. The fraction of sp³-hybridized carbons (Fsp3) is 0.733. The number of rotatable bonds is 12. The quantitative estimate of drug-likeness (QED) is 0.557. The number of carboxylic acid groups (broad SMARTS) is 1. The normalized spacial score (nSPS) is 10.6. The van der Waals surface area contributed by atoms with E-state index >= 15 is 0 Å². The highest BCUT2D eigenvalue weighted by Crippen LogP contribution is 2.02. The van der Waals surface area contributed by atoms with Gasteiger partial charge in [0.25, 0.3) is 0 Å². The summed E-state index contributed by atoms with van der Waals surface area (Å²) in [5.41, 5.74) is 0. The molecular weight excluding hydrogens is 256 g/mol. The lowest BCUT2D eigenvalue weighted by Gasteiger charge is -2.26. The number of amides is 1. The molecule has 0 atom stereocenters. The number of nitrogens with zero attached hydrogens (tertiary/aromatic N) is 2. The molecule has 1 N–H and O–H groups in total. The Bertz CT molecular complexity index is 297. The van der Waals surface area contributed by atoms with Crippen LogP contribution in [0.1, 0.15) is 39.5 Å². The van der Waals surface area contributed by atoms with Gasteiger partial charge in [-0.25, -0.2) is 0 Å². The molecule has 0 radical (unpaired) electrons. The summed E-state index contributed by atoms with van der Waals surface area (Å²) in [5.74, 6) is -0.914. The van der Waals surface area contributed by atoms with Crippen LogP contribution in [-0.2, 0) is 9.59 Å². The molecule has 0 fully saturated rings. The van der Waals surface area contributed by atoms with E-state index in [2.05, 4.69) is 20.4 Å². The van der Waals surface area contributed by atoms with Gasteiger partial charge in [0.05, 0.1) is 13.1 Å². The van der Waals surface area contributed by atoms with Crippen LogP contribution in [0.25, 0.3) is 0 Å². The molecule has 0 rings (SSSR count). The largest absolute Gasteiger partial charge is 0.480 e. The zero-order valence-electron chi connectivity index (χ0n) is 12.8. The van der Waals surface area contributed by atoms with Crippen LogP contribution in [0.2, 0.25) is 0 Å². The molecular formula is C15H28N2O3. The Morgan fingerprint density at radius 3 is 2.05 bits per heavy atom. The maximum absolute atomic E-state index is 12.3. The predicted octanol–water partition coefficient (Wildman–Crippen LogP) is 1.99. The van der Waals surface area contributed by atoms with Crippen LogP contribution >= 0.6 is 0 Å². The number of carbonyl (C=O) groups excluding carboxylic acids is 1. The van der Waals surface area contributed by atoms with Crippen LogP contribution in [0.4, 0.5) is 0 Å². The molecule has 0 unspecified atom stereocenters. The third-order valence-electron chi connectivity index (χ3n) is 3.02. The Balaban J connectivity index is 4.50. The molecule has 0 aromatic heterocycles. The summed E-state index contributed by atoms with van der Waals surface area (Å²) < 4.78 is 0. The molecule has 0 heterocycles. The highest BCUT2D eigenvalue weighted by molar-refractivity contribution is 5.79. The van der Waals surface area contributed by atoms with E-state index in [1.54, 1.807) is 11.0 Å². The van der Waals surface area contributed by atoms with E-state index in [1.807, 2.05) is 4.90 Å². The van der Waals surface area contributed by atoms with Gasteiger partial charge in [0, 0.05) is 19.6 Å². The number of hydrogen-bond donors (Lipinski definition) is 1. The Morgan fingerprint density at radius 1 is 1.10 bits per heavy atom. The maximum atomic E-state index is 12.3. The van der Waals surface area contributed by atoms with Crippen LogP contribution < -0.4 is 0 Å². The summed E-state index contributed by atoms with van der Waals surface area (Å²) in [5, 5.41) is 8.84. The zero-order valence-corrected chi connectivity index (χ0v) is 12.8. The topological polar surface area (TPSA) is 60.9 Å². The number of carboxylic acids is 1. The standard InChI is InChI=1S/C15H28N2O3/c1-4-7-10-17(11-8-5-2)14(18)12-16(9-6-3)13-15(19)20/h6H,3-5,7-13H2,1-2H3,(H,19,20). The van der Waals surface area contributed by atoms with E-state index in [1.165, 1.54) is 0 Å². The first-order chi connectivity index (χ1) is 9.54. The lowest BCUT2D eigenvalue weighted by Crippen LogP contribution is -2.43. The summed E-state index contributed by atoms with van der Waals surface area (Å²) in [4.78, 5) is 26.5. The van der Waals surface area contributed by atoms with Crippen LogP contribution in [0, 0.1) is 0 Å². The van der Waals surface area contributed by atoms with Gasteiger partial charge in [0.1, 0.15) is 0 Å². The van der Waals surface area contributed by atoms with Crippen molar-refractivity contribution in [2.75, 3.05) is 32.7 Å². The van der Waals surface area contributed by atoms with E-state index in [0.29, 0.717) is 6.54 Å². The van der Waals surface area contributed by atoms with Crippen LogP contribution in [-0.4, -0.2) is 59.5 Å². The molecule has 0 aliphatic heterocycles. The molecule has 1 amide bonds. The SMILES string of the molecule is C=CCN(CC(=O)O)CC(=O)N(CCCC)CCCC. The van der Waals surface area contributed by atoms with Crippen LogP contribution in [0.3, 0.4) is 0 Å². The molecule has 0 aliphatic rings. The minimum absolute atomic E-state index is 0.00926. The van der Waals surface area contributed by atoms with Gasteiger partial charge in [-0.1, -0.05) is 32.8 Å². The second kappa shape index (κ2) is 11.5. The molecule has 0 saturated heterocycles. The van der Waals surface area contributed by atoms with Crippen LogP contribution in [0.15, 0.2) is 12.7 Å². The van der Waals surface area contributed by atoms with Gasteiger partial charge in [-0.15, -0.1) is 6.58 Å². The summed E-state index contributed by atoms with van der Waals surface area (Å²) in [6.07, 6.45) is 5.67. The Hall–Kier alpha value is -1.36. The van der Waals surface area contributed by atoms with Gasteiger partial charge in [0.2, 0.25) is 5.91 Å². The molecule has 0 aliphatic carbocycles. The van der Waals surface area contributed by atoms with Crippen molar-refractivity contribution in [1.82, 2.24) is 9.80 Å². The van der Waals surface area contributed by atoms with Gasteiger partial charge in [0.15, 0.2) is 0 Å². The van der Waals surface area contributed by atoms with Crippen molar-refractivity contribution in [2.45, 2.75) is 39.5 Å². The predicted molar refractivity (Wildman–Crippen MR) is 80.7 cm³/mol. The molecule has 0 saturated carbocycles. The average molecular weight is 284 g/mol. The molecule has 0 aromatic carbocycles. The first-order valence-corrected chi connectivity index (χ1v) is 7.37. The van der Waals surface area contributed by atoms with Crippen molar-refractivity contribution in [1.29, 1.82) is 0 Å². The van der Waals surface area contributed by atoms with Gasteiger partial charge in [-0.05, 0) is 12.8 Å². The van der Waals surface area contributed by atoms with Gasteiger partial charge < -0.3 is 10.0 Å². The fourth-order valence-electron chi connectivity index (χ4n) is 1.91. The third kappa shape index (κ3) is 8.69. The summed E-state index contributed by atoms with van der Waals surface area (Å²) in [7, 11) is 0. The monoisotopic (exact) mass is 284 g/mol. The minimum atomic E-state index is -0.923. The maximum Gasteiger partial charge on any atom is 0.317 e. The fourth-order valence-corrected chi connectivity index (χ4v) is 1.91. The van der Waals surface area contributed by atoms with Crippen molar-refractivity contribution in [3.63, 3.8) is 0 Å². The van der Waals surface area contributed by atoms with E-state index in [0.717, 1.165) is 38.8 Å². The highest BCUT2D eigenvalue weighted by atomic mass is 16.4. The lowest BCUT2D eigenvalue weighted by atomic mass is 10.2. The smallest absolute Gasteiger partial charge is 0.317 e. The van der Waals surface area contributed by atoms with Gasteiger partial charge in [-0.3, -0.25) is 14.5 Å². The van der Waals surface area contributed by atoms with Crippen LogP contribution in [0.5, 0.6) is 0 Å². The van der Waals surface area contributed by atoms with Crippen molar-refractivity contribution in [3.05, 3.63) is 12.7 Å². The second-order valence-electron chi connectivity index (χ2n) is 4.94. The first kappa shape index (κ1) is 18.6. The number of carbonyl (C=O) groups is 2. The van der Waals surface area contributed by atoms with Crippen molar-refractivity contribution < 1.29 is 14.7 Å². The van der Waals surface area contributed by atoms with Gasteiger partial charge in [-0.2, -0.15) is 0 Å². The van der Waals surface area contributed by atoms with E-state index < -0.39 is 5.97 Å². The van der Waals surface area contributed by atoms with Crippen molar-refractivity contribution >= 4 is 11.9 Å². The Morgan fingerprint density at radius 2 is 1.65 bits per heavy atom. The van der Waals surface area contributed by atoms with Gasteiger partial charge >= 0.3 is 5.97 Å². The Labute approximate surface area is 122 Å². The number of hydrogen-bond acceptors (Lipinski definition) is 3. The minimum Gasteiger partial charge on any atom is -0.480 e. The number of unbranched alkanes of at least 4 members (excludes halogenated alkanes) is 2. The summed E-state index contributed by atoms with van der Waals surface area (Å²) in [6, 6.07) is 0. The highest BCUT2D eigenvalue weighted by Gasteiger charge is 2.17. The molecule has 5 nitrogen and oxygen atoms in total. The van der Waals surface area contributed by atoms with E-state index in [4.69, 9.17) is 5.11 Å². The molecule has 0 bridgehead atoms. The second-order valence-corrected chi connectivity index (χ2v) is 4.94. The summed E-state index contributed by atoms with van der Waals surface area (Å²) >= 11 is 0. The first-order valence-electron chi connectivity index (χ1n) is 7.37. The summed E-state index contributed by atoms with van der Waals surface area (Å²) in [6.45, 7) is 9.72. The molecule has 116 valence electrons. The molecule has 0 spiro atoms.